The zero-order chi connectivity index (χ0) is 18.9. The Hall–Kier alpha value is -2.45. The highest BCUT2D eigenvalue weighted by molar-refractivity contribution is 5.77. The molecule has 0 saturated carbocycles. The van der Waals surface area contributed by atoms with Gasteiger partial charge in [0, 0.05) is 6.42 Å². The van der Waals surface area contributed by atoms with Crippen LogP contribution in [-0.4, -0.2) is 31.5 Å². The molecule has 1 rings (SSSR count). The number of halogens is 3. The summed E-state index contributed by atoms with van der Waals surface area (Å²) in [6.07, 6.45) is -5.69. The summed E-state index contributed by atoms with van der Waals surface area (Å²) in [5, 5.41) is 2.18. The zero-order valence-electron chi connectivity index (χ0n) is 13.9. The maximum atomic E-state index is 12.7. The number of benzene rings is 1. The number of ether oxygens (including phenoxy) is 3. The van der Waals surface area contributed by atoms with Gasteiger partial charge in [0.2, 0.25) is 6.29 Å². The molecule has 1 amide bonds. The number of amides is 1. The molecule has 1 N–H and O–H groups in total. The SMILES string of the molecule is CCCC(OC(=O)NCC(=O)OCC)Oc1cccc(C(F)(F)F)c1. The van der Waals surface area contributed by atoms with Crippen LogP contribution in [0.2, 0.25) is 0 Å². The molecule has 1 atom stereocenters. The van der Waals surface area contributed by atoms with Gasteiger partial charge in [-0.3, -0.25) is 4.79 Å². The minimum Gasteiger partial charge on any atom is -0.465 e. The van der Waals surface area contributed by atoms with Crippen LogP contribution in [0.15, 0.2) is 24.3 Å². The Morgan fingerprint density at radius 2 is 1.96 bits per heavy atom. The molecule has 140 valence electrons. The number of hydrogen-bond acceptors (Lipinski definition) is 5. The average molecular weight is 363 g/mol. The first-order chi connectivity index (χ1) is 11.8. The van der Waals surface area contributed by atoms with Crippen molar-refractivity contribution in [2.75, 3.05) is 13.2 Å². The molecule has 0 saturated heterocycles. The molecule has 6 nitrogen and oxygen atoms in total. The highest BCUT2D eigenvalue weighted by Crippen LogP contribution is 2.31. The molecule has 0 aliphatic carbocycles. The Morgan fingerprint density at radius 1 is 1.24 bits per heavy atom. The lowest BCUT2D eigenvalue weighted by molar-refractivity contribution is -0.142. The Kier molecular flexibility index (Phi) is 8.03. The van der Waals surface area contributed by atoms with Crippen molar-refractivity contribution in [1.29, 1.82) is 0 Å². The summed E-state index contributed by atoms with van der Waals surface area (Å²) >= 11 is 0. The summed E-state index contributed by atoms with van der Waals surface area (Å²) in [7, 11) is 0. The fraction of sp³-hybridized carbons (Fsp3) is 0.500. The minimum atomic E-state index is -4.50. The lowest BCUT2D eigenvalue weighted by Gasteiger charge is -2.19. The normalized spacial score (nSPS) is 12.2. The molecule has 1 aromatic carbocycles. The minimum absolute atomic E-state index is 0.0773. The molecule has 9 heteroatoms. The van der Waals surface area contributed by atoms with Gasteiger partial charge in [-0.1, -0.05) is 13.0 Å². The first-order valence-electron chi connectivity index (χ1n) is 7.70. The number of alkyl carbamates (subject to hydrolysis) is 1. The second kappa shape index (κ2) is 9.75. The number of carbonyl (C=O) groups is 2. The first kappa shape index (κ1) is 20.6. The number of hydrogen-bond donors (Lipinski definition) is 1. The van der Waals surface area contributed by atoms with Gasteiger partial charge in [-0.15, -0.1) is 0 Å². The van der Waals surface area contributed by atoms with Crippen molar-refractivity contribution in [3.05, 3.63) is 29.8 Å². The lowest BCUT2D eigenvalue weighted by Crippen LogP contribution is -2.35. The van der Waals surface area contributed by atoms with E-state index in [1.54, 1.807) is 13.8 Å². The van der Waals surface area contributed by atoms with E-state index in [1.165, 1.54) is 12.1 Å². The quantitative estimate of drug-likeness (QED) is 0.565. The van der Waals surface area contributed by atoms with Crippen LogP contribution >= 0.6 is 0 Å². The third-order valence-corrected chi connectivity index (χ3v) is 2.87. The van der Waals surface area contributed by atoms with Crippen molar-refractivity contribution in [2.45, 2.75) is 39.2 Å². The van der Waals surface area contributed by atoms with Gasteiger partial charge in [-0.05, 0) is 31.5 Å². The predicted octanol–water partition coefficient (Wildman–Crippen LogP) is 3.50. The van der Waals surface area contributed by atoms with Crippen LogP contribution in [0.5, 0.6) is 5.75 Å². The Labute approximate surface area is 143 Å². The molecule has 0 bridgehead atoms. The highest BCUT2D eigenvalue weighted by Gasteiger charge is 2.31. The van der Waals surface area contributed by atoms with E-state index in [0.717, 1.165) is 12.1 Å². The summed E-state index contributed by atoms with van der Waals surface area (Å²) < 4.78 is 53.1. The van der Waals surface area contributed by atoms with Gasteiger partial charge in [0.05, 0.1) is 12.2 Å². The number of alkyl halides is 3. The topological polar surface area (TPSA) is 73.9 Å². The second-order valence-electron chi connectivity index (χ2n) is 4.93. The van der Waals surface area contributed by atoms with Crippen LogP contribution in [0.4, 0.5) is 18.0 Å². The maximum Gasteiger partial charge on any atom is 0.416 e. The van der Waals surface area contributed by atoms with Crippen LogP contribution in [0.3, 0.4) is 0 Å². The summed E-state index contributed by atoms with van der Waals surface area (Å²) in [6.45, 7) is 3.21. The van der Waals surface area contributed by atoms with Gasteiger partial charge in [0.15, 0.2) is 0 Å². The molecule has 0 aliphatic rings. The first-order valence-corrected chi connectivity index (χ1v) is 7.70. The standard InChI is InChI=1S/C16H20F3NO5/c1-3-6-14(25-15(22)20-10-13(21)23-4-2)24-12-8-5-7-11(9-12)16(17,18)19/h5,7-9,14H,3-4,6,10H2,1-2H3,(H,20,22). The average Bonchev–Trinajstić information content (AvgIpc) is 2.53. The summed E-state index contributed by atoms with van der Waals surface area (Å²) in [4.78, 5) is 22.8. The van der Waals surface area contributed by atoms with Gasteiger partial charge >= 0.3 is 18.2 Å². The Balaban J connectivity index is 2.65. The van der Waals surface area contributed by atoms with Crippen LogP contribution in [0.25, 0.3) is 0 Å². The van der Waals surface area contributed by atoms with Crippen molar-refractivity contribution < 1.29 is 37.0 Å². The molecule has 0 fully saturated rings. The molecule has 1 unspecified atom stereocenters. The molecule has 0 spiro atoms. The van der Waals surface area contributed by atoms with Crippen LogP contribution in [0, 0.1) is 0 Å². The van der Waals surface area contributed by atoms with Gasteiger partial charge in [-0.25, -0.2) is 4.79 Å². The second-order valence-corrected chi connectivity index (χ2v) is 4.93. The Morgan fingerprint density at radius 3 is 2.56 bits per heavy atom. The van der Waals surface area contributed by atoms with Crippen LogP contribution in [-0.2, 0) is 20.4 Å². The molecule has 0 aromatic heterocycles. The molecular formula is C16H20F3NO5. The fourth-order valence-corrected chi connectivity index (χ4v) is 1.79. The van der Waals surface area contributed by atoms with Crippen molar-refractivity contribution >= 4 is 12.1 Å². The molecule has 0 aliphatic heterocycles. The molecule has 0 radical (unpaired) electrons. The van der Waals surface area contributed by atoms with E-state index in [-0.39, 0.29) is 25.3 Å². The number of carbonyl (C=O) groups excluding carboxylic acids is 2. The molecule has 1 aromatic rings. The van der Waals surface area contributed by atoms with Gasteiger partial charge in [-0.2, -0.15) is 13.2 Å². The van der Waals surface area contributed by atoms with Gasteiger partial charge in [0.1, 0.15) is 12.3 Å². The van der Waals surface area contributed by atoms with Gasteiger partial charge in [0.25, 0.3) is 0 Å². The van der Waals surface area contributed by atoms with Crippen molar-refractivity contribution in [3.63, 3.8) is 0 Å². The van der Waals surface area contributed by atoms with E-state index in [4.69, 9.17) is 9.47 Å². The predicted molar refractivity (Wildman–Crippen MR) is 81.9 cm³/mol. The van der Waals surface area contributed by atoms with E-state index in [1.807, 2.05) is 0 Å². The summed E-state index contributed by atoms with van der Waals surface area (Å²) in [5.74, 6) is -0.711. The van der Waals surface area contributed by atoms with Crippen molar-refractivity contribution in [3.8, 4) is 5.75 Å². The third kappa shape index (κ3) is 7.77. The zero-order valence-corrected chi connectivity index (χ0v) is 13.9. The summed E-state index contributed by atoms with van der Waals surface area (Å²) in [6, 6.07) is 4.26. The van der Waals surface area contributed by atoms with E-state index in [9.17, 15) is 22.8 Å². The molecular weight excluding hydrogens is 343 g/mol. The largest absolute Gasteiger partial charge is 0.465 e. The number of nitrogens with one attached hydrogen (secondary N) is 1. The van der Waals surface area contributed by atoms with E-state index in [2.05, 4.69) is 10.1 Å². The fourth-order valence-electron chi connectivity index (χ4n) is 1.79. The van der Waals surface area contributed by atoms with E-state index in [0.29, 0.717) is 6.42 Å². The number of esters is 1. The van der Waals surface area contributed by atoms with Gasteiger partial charge < -0.3 is 19.5 Å². The van der Waals surface area contributed by atoms with Crippen molar-refractivity contribution in [2.24, 2.45) is 0 Å². The Bertz CT molecular complexity index is 577. The van der Waals surface area contributed by atoms with Crippen LogP contribution in [0.1, 0.15) is 32.3 Å². The van der Waals surface area contributed by atoms with E-state index < -0.39 is 30.1 Å². The smallest absolute Gasteiger partial charge is 0.416 e. The monoisotopic (exact) mass is 363 g/mol. The summed E-state index contributed by atoms with van der Waals surface area (Å²) in [5.41, 5.74) is -0.869. The van der Waals surface area contributed by atoms with Crippen molar-refractivity contribution in [1.82, 2.24) is 5.32 Å². The lowest BCUT2D eigenvalue weighted by atomic mass is 10.2. The van der Waals surface area contributed by atoms with E-state index >= 15 is 0 Å². The number of rotatable bonds is 8. The van der Waals surface area contributed by atoms with Crippen LogP contribution < -0.4 is 10.1 Å². The highest BCUT2D eigenvalue weighted by atomic mass is 19.4. The molecule has 25 heavy (non-hydrogen) atoms. The maximum absolute atomic E-state index is 12.7. The molecule has 0 heterocycles. The third-order valence-electron chi connectivity index (χ3n) is 2.87.